The van der Waals surface area contributed by atoms with Gasteiger partial charge in [0, 0.05) is 24.4 Å². The van der Waals surface area contributed by atoms with Crippen molar-refractivity contribution in [1.29, 1.82) is 0 Å². The smallest absolute Gasteiger partial charge is 0.410 e. The van der Waals surface area contributed by atoms with E-state index in [-0.39, 0.29) is 30.5 Å². The fraction of sp³-hybridized carbons (Fsp3) is 0.304. The molecule has 0 saturated carbocycles. The number of ether oxygens (including phenoxy) is 1. The molecule has 1 spiro atoms. The summed E-state index contributed by atoms with van der Waals surface area (Å²) in [4.78, 5) is 28.5. The summed E-state index contributed by atoms with van der Waals surface area (Å²) in [5.41, 5.74) is 0.913. The Kier molecular flexibility index (Phi) is 5.09. The minimum absolute atomic E-state index is 0.126. The molecule has 1 saturated heterocycles. The van der Waals surface area contributed by atoms with Crippen LogP contribution in [0.3, 0.4) is 0 Å². The number of amides is 2. The summed E-state index contributed by atoms with van der Waals surface area (Å²) < 4.78 is 19.2. The Hall–Kier alpha value is -3.15. The average Bonchev–Trinajstić information content (AvgIpc) is 3.02. The third kappa shape index (κ3) is 3.75. The van der Waals surface area contributed by atoms with Crippen molar-refractivity contribution in [3.63, 3.8) is 0 Å². The van der Waals surface area contributed by atoms with Gasteiger partial charge in [-0.2, -0.15) is 0 Å². The van der Waals surface area contributed by atoms with E-state index in [1.165, 1.54) is 12.1 Å². The van der Waals surface area contributed by atoms with Gasteiger partial charge >= 0.3 is 6.09 Å². The maximum Gasteiger partial charge on any atom is 0.410 e. The van der Waals surface area contributed by atoms with Gasteiger partial charge in [0.15, 0.2) is 0 Å². The molecule has 2 aliphatic heterocycles. The van der Waals surface area contributed by atoms with Gasteiger partial charge in [0.05, 0.1) is 5.54 Å². The normalized spacial score (nSPS) is 23.7. The second kappa shape index (κ2) is 7.70. The number of rotatable bonds is 3. The molecule has 2 atom stereocenters. The summed E-state index contributed by atoms with van der Waals surface area (Å²) in [5, 5.41) is 0. The zero-order valence-electron chi connectivity index (χ0n) is 16.3. The number of carbonyl (C=O) groups is 2. The van der Waals surface area contributed by atoms with Gasteiger partial charge in [0.1, 0.15) is 12.4 Å². The summed E-state index contributed by atoms with van der Waals surface area (Å²) >= 11 is 0. The number of piperidine rings is 1. The lowest BCUT2D eigenvalue weighted by Crippen LogP contribution is -2.57. The highest BCUT2D eigenvalue weighted by atomic mass is 19.1. The lowest BCUT2D eigenvalue weighted by atomic mass is 9.83. The Morgan fingerprint density at radius 2 is 2.00 bits per heavy atom. The monoisotopic (exact) mass is 394 g/mol. The number of likely N-dealkylation sites (tertiary alicyclic amines) is 1. The number of nitrogens with zero attached hydrogens (tertiary/aromatic N) is 2. The van der Waals surface area contributed by atoms with E-state index in [2.05, 4.69) is 0 Å². The predicted octanol–water partition coefficient (Wildman–Crippen LogP) is 4.29. The van der Waals surface area contributed by atoms with Crippen molar-refractivity contribution in [2.24, 2.45) is 0 Å². The van der Waals surface area contributed by atoms with Crippen LogP contribution in [0.25, 0.3) is 0 Å². The molecule has 2 amide bonds. The number of anilines is 1. The molecular weight excluding hydrogens is 371 g/mol. The summed E-state index contributed by atoms with van der Waals surface area (Å²) in [6.07, 6.45) is 4.20. The first kappa shape index (κ1) is 19.2. The van der Waals surface area contributed by atoms with Gasteiger partial charge < -0.3 is 9.64 Å². The van der Waals surface area contributed by atoms with E-state index in [4.69, 9.17) is 4.74 Å². The van der Waals surface area contributed by atoms with E-state index < -0.39 is 5.54 Å². The van der Waals surface area contributed by atoms with Gasteiger partial charge in [0.2, 0.25) is 0 Å². The van der Waals surface area contributed by atoms with Crippen LogP contribution < -0.4 is 4.90 Å². The Labute approximate surface area is 169 Å². The molecule has 0 aromatic heterocycles. The first-order chi connectivity index (χ1) is 14.0. The minimum Gasteiger partial charge on any atom is -0.445 e. The quantitative estimate of drug-likeness (QED) is 0.780. The fourth-order valence-corrected chi connectivity index (χ4v) is 4.28. The van der Waals surface area contributed by atoms with Gasteiger partial charge in [0.25, 0.3) is 5.91 Å². The molecule has 0 bridgehead atoms. The van der Waals surface area contributed by atoms with Crippen LogP contribution in [-0.2, 0) is 16.1 Å². The molecule has 150 valence electrons. The lowest BCUT2D eigenvalue weighted by molar-refractivity contribution is -0.114. The highest BCUT2D eigenvalue weighted by Crippen LogP contribution is 2.40. The van der Waals surface area contributed by atoms with Gasteiger partial charge in [-0.3, -0.25) is 9.69 Å². The number of hydrogen-bond donors (Lipinski definition) is 0. The first-order valence-corrected chi connectivity index (χ1v) is 9.75. The minimum atomic E-state index is -0.555. The fourth-order valence-electron chi connectivity index (χ4n) is 4.28. The number of halogens is 1. The molecular formula is C23H23FN2O3. The molecule has 6 heteroatoms. The van der Waals surface area contributed by atoms with Crippen LogP contribution in [0.2, 0.25) is 0 Å². The summed E-state index contributed by atoms with van der Waals surface area (Å²) in [6, 6.07) is 15.5. The number of carbonyl (C=O) groups excluding carboxylic acids is 2. The molecule has 0 aliphatic carbocycles. The lowest BCUT2D eigenvalue weighted by Gasteiger charge is -2.47. The molecule has 4 rings (SSSR count). The third-order valence-corrected chi connectivity index (χ3v) is 5.67. The zero-order chi connectivity index (χ0) is 20.4. The SMILES string of the molecule is C[C@@H]1C[C@@]2(C=CC(=O)N2c2cccc(F)c2)CCN1C(=O)OCc1ccccc1. The molecule has 2 aromatic rings. The van der Waals surface area contributed by atoms with Crippen molar-refractivity contribution in [2.45, 2.75) is 38.0 Å². The van der Waals surface area contributed by atoms with E-state index in [1.54, 1.807) is 28.0 Å². The summed E-state index contributed by atoms with van der Waals surface area (Å²) in [7, 11) is 0. The maximum atomic E-state index is 13.7. The van der Waals surface area contributed by atoms with E-state index >= 15 is 0 Å². The standard InChI is InChI=1S/C23H23FN2O3/c1-17-15-23(11-10-21(27)26(23)20-9-5-8-19(24)14-20)12-13-25(17)22(28)29-16-18-6-3-2-4-7-18/h2-11,14,17H,12-13,15-16H2,1H3/t17-,23-/m1/s1. The van der Waals surface area contributed by atoms with Gasteiger partial charge in [-0.25, -0.2) is 9.18 Å². The Morgan fingerprint density at radius 1 is 1.21 bits per heavy atom. The van der Waals surface area contributed by atoms with Crippen molar-refractivity contribution in [3.8, 4) is 0 Å². The Balaban J connectivity index is 1.46. The molecule has 0 N–H and O–H groups in total. The van der Waals surface area contributed by atoms with Crippen molar-refractivity contribution in [2.75, 3.05) is 11.4 Å². The molecule has 29 heavy (non-hydrogen) atoms. The molecule has 2 aliphatic rings. The molecule has 2 heterocycles. The van der Waals surface area contributed by atoms with Crippen LogP contribution in [0, 0.1) is 5.82 Å². The van der Waals surface area contributed by atoms with Gasteiger partial charge in [-0.1, -0.05) is 42.5 Å². The molecule has 2 aromatic carbocycles. The average molecular weight is 394 g/mol. The van der Waals surface area contributed by atoms with E-state index in [1.807, 2.05) is 43.3 Å². The number of benzene rings is 2. The molecule has 5 nitrogen and oxygen atoms in total. The molecule has 1 fully saturated rings. The molecule has 0 radical (unpaired) electrons. The van der Waals surface area contributed by atoms with Crippen molar-refractivity contribution < 1.29 is 18.7 Å². The van der Waals surface area contributed by atoms with Gasteiger partial charge in [-0.05, 0) is 43.5 Å². The first-order valence-electron chi connectivity index (χ1n) is 9.75. The van der Waals surface area contributed by atoms with Crippen molar-refractivity contribution in [1.82, 2.24) is 4.90 Å². The van der Waals surface area contributed by atoms with Crippen LogP contribution in [0.15, 0.2) is 66.7 Å². The second-order valence-corrected chi connectivity index (χ2v) is 7.63. The topological polar surface area (TPSA) is 49.9 Å². The zero-order valence-corrected chi connectivity index (χ0v) is 16.3. The van der Waals surface area contributed by atoms with Gasteiger partial charge in [-0.15, -0.1) is 0 Å². The highest BCUT2D eigenvalue weighted by Gasteiger charge is 2.47. The number of hydrogen-bond acceptors (Lipinski definition) is 3. The summed E-state index contributed by atoms with van der Waals surface area (Å²) in [5.74, 6) is -0.546. The Morgan fingerprint density at radius 3 is 2.72 bits per heavy atom. The van der Waals surface area contributed by atoms with E-state index in [9.17, 15) is 14.0 Å². The van der Waals surface area contributed by atoms with Crippen LogP contribution in [0.5, 0.6) is 0 Å². The van der Waals surface area contributed by atoms with Crippen LogP contribution in [0.4, 0.5) is 14.9 Å². The van der Waals surface area contributed by atoms with Crippen LogP contribution in [-0.4, -0.2) is 35.0 Å². The Bertz CT molecular complexity index is 946. The maximum absolute atomic E-state index is 13.7. The summed E-state index contributed by atoms with van der Waals surface area (Å²) in [6.45, 7) is 2.63. The van der Waals surface area contributed by atoms with Crippen LogP contribution >= 0.6 is 0 Å². The largest absolute Gasteiger partial charge is 0.445 e. The van der Waals surface area contributed by atoms with Crippen molar-refractivity contribution in [3.05, 3.63) is 78.1 Å². The molecule has 0 unspecified atom stereocenters. The van der Waals surface area contributed by atoms with Crippen LogP contribution in [0.1, 0.15) is 25.3 Å². The third-order valence-electron chi connectivity index (χ3n) is 5.67. The second-order valence-electron chi connectivity index (χ2n) is 7.63. The highest BCUT2D eigenvalue weighted by molar-refractivity contribution is 6.06. The van der Waals surface area contributed by atoms with E-state index in [0.29, 0.717) is 25.1 Å². The van der Waals surface area contributed by atoms with E-state index in [0.717, 1.165) is 5.56 Å². The van der Waals surface area contributed by atoms with Crippen molar-refractivity contribution >= 4 is 17.7 Å². The predicted molar refractivity (Wildman–Crippen MR) is 108 cm³/mol.